The molecule has 0 aromatic carbocycles. The molecule has 16 heavy (non-hydrogen) atoms. The number of aryl methyl sites for hydroxylation is 1. The van der Waals surface area contributed by atoms with Crippen LogP contribution >= 0.6 is 0 Å². The molecule has 5 heteroatoms. The maximum absolute atomic E-state index is 12.1. The molecule has 1 fully saturated rings. The van der Waals surface area contributed by atoms with Crippen LogP contribution < -0.4 is 5.73 Å². The third-order valence-electron chi connectivity index (χ3n) is 3.18. The van der Waals surface area contributed by atoms with Crippen molar-refractivity contribution in [2.75, 3.05) is 19.6 Å². The Morgan fingerprint density at radius 1 is 1.69 bits per heavy atom. The summed E-state index contributed by atoms with van der Waals surface area (Å²) >= 11 is 0. The summed E-state index contributed by atoms with van der Waals surface area (Å²) in [6, 6.07) is 0. The van der Waals surface area contributed by atoms with Crippen LogP contribution in [0.5, 0.6) is 0 Å². The lowest BCUT2D eigenvalue weighted by atomic mass is 10.1. The number of rotatable bonds is 3. The molecule has 1 aromatic heterocycles. The molecule has 2 heterocycles. The first-order valence-electron chi connectivity index (χ1n) is 5.68. The van der Waals surface area contributed by atoms with Gasteiger partial charge in [-0.2, -0.15) is 0 Å². The van der Waals surface area contributed by atoms with Gasteiger partial charge in [-0.1, -0.05) is 0 Å². The van der Waals surface area contributed by atoms with E-state index in [1.165, 1.54) is 0 Å². The maximum atomic E-state index is 12.1. The Morgan fingerprint density at radius 3 is 3.12 bits per heavy atom. The van der Waals surface area contributed by atoms with Crippen molar-refractivity contribution in [1.29, 1.82) is 0 Å². The Bertz CT molecular complexity index is 374. The van der Waals surface area contributed by atoms with E-state index < -0.39 is 0 Å². The van der Waals surface area contributed by atoms with Crippen LogP contribution in [-0.4, -0.2) is 40.0 Å². The van der Waals surface area contributed by atoms with Crippen LogP contribution in [-0.2, 0) is 7.05 Å². The van der Waals surface area contributed by atoms with Crippen molar-refractivity contribution in [3.05, 3.63) is 18.2 Å². The molecule has 0 bridgehead atoms. The van der Waals surface area contributed by atoms with Gasteiger partial charge in [-0.3, -0.25) is 4.79 Å². The van der Waals surface area contributed by atoms with E-state index in [1.54, 1.807) is 17.1 Å². The van der Waals surface area contributed by atoms with Crippen molar-refractivity contribution in [2.24, 2.45) is 18.7 Å². The van der Waals surface area contributed by atoms with E-state index >= 15 is 0 Å². The Morgan fingerprint density at radius 2 is 2.50 bits per heavy atom. The third-order valence-corrected chi connectivity index (χ3v) is 3.18. The summed E-state index contributed by atoms with van der Waals surface area (Å²) in [6.45, 7) is 2.38. The summed E-state index contributed by atoms with van der Waals surface area (Å²) in [6.07, 6.45) is 5.36. The van der Waals surface area contributed by atoms with E-state index in [0.717, 1.165) is 25.9 Å². The molecule has 0 spiro atoms. The smallest absolute Gasteiger partial charge is 0.272 e. The normalized spacial score (nSPS) is 20.4. The van der Waals surface area contributed by atoms with Gasteiger partial charge in [-0.05, 0) is 25.3 Å². The summed E-state index contributed by atoms with van der Waals surface area (Å²) in [5.74, 6) is 0.654. The van der Waals surface area contributed by atoms with Crippen molar-refractivity contribution < 1.29 is 4.79 Å². The van der Waals surface area contributed by atoms with Crippen LogP contribution in [0.4, 0.5) is 0 Å². The minimum absolute atomic E-state index is 0.0829. The van der Waals surface area contributed by atoms with Crippen LogP contribution in [0.3, 0.4) is 0 Å². The van der Waals surface area contributed by atoms with Crippen LogP contribution in [0.2, 0.25) is 0 Å². The molecule has 5 nitrogen and oxygen atoms in total. The van der Waals surface area contributed by atoms with Gasteiger partial charge < -0.3 is 15.2 Å². The Hall–Kier alpha value is -1.36. The zero-order valence-electron chi connectivity index (χ0n) is 9.59. The molecule has 1 aliphatic heterocycles. The lowest BCUT2D eigenvalue weighted by Crippen LogP contribution is -2.30. The number of amides is 1. The highest BCUT2D eigenvalue weighted by Gasteiger charge is 2.27. The number of hydrogen-bond donors (Lipinski definition) is 1. The lowest BCUT2D eigenvalue weighted by Gasteiger charge is -2.16. The molecule has 1 amide bonds. The molecular formula is C11H18N4O. The van der Waals surface area contributed by atoms with Crippen molar-refractivity contribution in [2.45, 2.75) is 12.8 Å². The first-order chi connectivity index (χ1) is 7.72. The zero-order chi connectivity index (χ0) is 11.5. The first-order valence-corrected chi connectivity index (χ1v) is 5.68. The number of hydrogen-bond acceptors (Lipinski definition) is 3. The van der Waals surface area contributed by atoms with E-state index in [4.69, 9.17) is 5.73 Å². The van der Waals surface area contributed by atoms with Crippen molar-refractivity contribution in [1.82, 2.24) is 14.5 Å². The second-order valence-electron chi connectivity index (χ2n) is 4.37. The third kappa shape index (κ3) is 2.09. The number of likely N-dealkylation sites (tertiary alicyclic amines) is 1. The average Bonchev–Trinajstić information content (AvgIpc) is 2.87. The highest BCUT2D eigenvalue weighted by Crippen LogP contribution is 2.20. The molecule has 2 rings (SSSR count). The van der Waals surface area contributed by atoms with E-state index in [1.807, 2.05) is 11.9 Å². The molecule has 1 saturated heterocycles. The molecule has 1 atom stereocenters. The van der Waals surface area contributed by atoms with Gasteiger partial charge in [0.2, 0.25) is 0 Å². The fraction of sp³-hybridized carbons (Fsp3) is 0.636. The van der Waals surface area contributed by atoms with Gasteiger partial charge in [0.1, 0.15) is 5.69 Å². The average molecular weight is 222 g/mol. The van der Waals surface area contributed by atoms with E-state index in [9.17, 15) is 4.79 Å². The molecular weight excluding hydrogens is 204 g/mol. The van der Waals surface area contributed by atoms with Gasteiger partial charge >= 0.3 is 0 Å². The van der Waals surface area contributed by atoms with Crippen molar-refractivity contribution in [3.8, 4) is 0 Å². The predicted molar refractivity (Wildman–Crippen MR) is 60.9 cm³/mol. The number of carbonyl (C=O) groups excluding carboxylic acids is 1. The topological polar surface area (TPSA) is 64.2 Å². The predicted octanol–water partition coefficient (Wildman–Crippen LogP) is 0.231. The van der Waals surface area contributed by atoms with Crippen molar-refractivity contribution >= 4 is 5.91 Å². The highest BCUT2D eigenvalue weighted by molar-refractivity contribution is 5.92. The fourth-order valence-electron chi connectivity index (χ4n) is 2.21. The number of nitrogens with two attached hydrogens (primary N) is 1. The highest BCUT2D eigenvalue weighted by atomic mass is 16.2. The van der Waals surface area contributed by atoms with Crippen molar-refractivity contribution in [3.63, 3.8) is 0 Å². The number of aromatic nitrogens is 2. The molecule has 1 aromatic rings. The number of nitrogens with zero attached hydrogens (tertiary/aromatic N) is 3. The summed E-state index contributed by atoms with van der Waals surface area (Å²) in [5.41, 5.74) is 6.19. The molecule has 0 saturated carbocycles. The van der Waals surface area contributed by atoms with Crippen LogP contribution in [0.25, 0.3) is 0 Å². The Balaban J connectivity index is 2.00. The van der Waals surface area contributed by atoms with Gasteiger partial charge in [0, 0.05) is 20.1 Å². The molecule has 0 aliphatic carbocycles. The monoisotopic (exact) mass is 222 g/mol. The quantitative estimate of drug-likeness (QED) is 0.796. The Kier molecular flexibility index (Phi) is 3.24. The van der Waals surface area contributed by atoms with Gasteiger partial charge in [-0.25, -0.2) is 4.98 Å². The Labute approximate surface area is 95.2 Å². The summed E-state index contributed by atoms with van der Waals surface area (Å²) in [7, 11) is 1.84. The zero-order valence-corrected chi connectivity index (χ0v) is 9.59. The first kappa shape index (κ1) is 11.1. The number of imidazole rings is 1. The second kappa shape index (κ2) is 4.65. The van der Waals surface area contributed by atoms with Crippen LogP contribution in [0.15, 0.2) is 12.5 Å². The lowest BCUT2D eigenvalue weighted by molar-refractivity contribution is 0.0777. The van der Waals surface area contributed by atoms with Gasteiger partial charge in [-0.15, -0.1) is 0 Å². The van der Waals surface area contributed by atoms with E-state index in [-0.39, 0.29) is 5.91 Å². The summed E-state index contributed by atoms with van der Waals surface area (Å²) in [4.78, 5) is 18.0. The van der Waals surface area contributed by atoms with Gasteiger partial charge in [0.05, 0.1) is 12.5 Å². The largest absolute Gasteiger partial charge is 0.337 e. The molecule has 2 N–H and O–H groups in total. The molecule has 1 aliphatic rings. The van der Waals surface area contributed by atoms with E-state index in [0.29, 0.717) is 18.2 Å². The van der Waals surface area contributed by atoms with Crippen LogP contribution in [0, 0.1) is 5.92 Å². The van der Waals surface area contributed by atoms with Crippen LogP contribution in [0.1, 0.15) is 23.3 Å². The minimum atomic E-state index is 0.0829. The number of carbonyl (C=O) groups is 1. The molecule has 88 valence electrons. The molecule has 0 radical (unpaired) electrons. The SMILES string of the molecule is Cn1cncc1C(=O)N1CCC(CCN)C1. The molecule has 1 unspecified atom stereocenters. The van der Waals surface area contributed by atoms with Gasteiger partial charge in [0.15, 0.2) is 0 Å². The summed E-state index contributed by atoms with van der Waals surface area (Å²) < 4.78 is 1.76. The minimum Gasteiger partial charge on any atom is -0.337 e. The standard InChI is InChI=1S/C11H18N4O/c1-14-8-13-6-10(14)11(16)15-5-3-9(7-15)2-4-12/h6,8-9H,2-5,7,12H2,1H3. The van der Waals surface area contributed by atoms with E-state index in [2.05, 4.69) is 4.98 Å². The summed E-state index contributed by atoms with van der Waals surface area (Å²) in [5, 5.41) is 0. The second-order valence-corrected chi connectivity index (χ2v) is 4.37. The van der Waals surface area contributed by atoms with Gasteiger partial charge in [0.25, 0.3) is 5.91 Å². The fourth-order valence-corrected chi connectivity index (χ4v) is 2.21. The maximum Gasteiger partial charge on any atom is 0.272 e.